The Morgan fingerprint density at radius 1 is 0.913 bits per heavy atom. The van der Waals surface area contributed by atoms with Gasteiger partial charge in [-0.25, -0.2) is 0 Å². The van der Waals surface area contributed by atoms with E-state index in [1.165, 1.54) is 11.1 Å². The van der Waals surface area contributed by atoms with Crippen LogP contribution in [0.5, 0.6) is 0 Å². The number of aliphatic hydroxyl groups is 1. The van der Waals surface area contributed by atoms with Gasteiger partial charge in [-0.2, -0.15) is 0 Å². The van der Waals surface area contributed by atoms with Gasteiger partial charge in [0, 0.05) is 24.5 Å². The monoisotopic (exact) mass is 311 g/mol. The summed E-state index contributed by atoms with van der Waals surface area (Å²) in [7, 11) is 2.14. The molecule has 0 amide bonds. The van der Waals surface area contributed by atoms with E-state index in [4.69, 9.17) is 0 Å². The Morgan fingerprint density at radius 3 is 1.83 bits per heavy atom. The van der Waals surface area contributed by atoms with Crippen LogP contribution in [0.3, 0.4) is 0 Å². The number of hydrogen-bond acceptors (Lipinski definition) is 2. The zero-order chi connectivity index (χ0) is 16.7. The summed E-state index contributed by atoms with van der Waals surface area (Å²) in [6.07, 6.45) is 1.08. The van der Waals surface area contributed by atoms with Crippen molar-refractivity contribution in [3.63, 3.8) is 0 Å². The second-order valence-electron chi connectivity index (χ2n) is 7.22. The molecule has 0 heterocycles. The SMILES string of the molecule is CN(CCC(c1ccccc1)c1ccccc1)CC(C)(C)CO. The Labute approximate surface area is 140 Å². The molecule has 1 N–H and O–H groups in total. The molecule has 0 saturated carbocycles. The number of benzene rings is 2. The number of aliphatic hydroxyl groups excluding tert-OH is 1. The van der Waals surface area contributed by atoms with Crippen LogP contribution < -0.4 is 0 Å². The molecule has 0 aliphatic heterocycles. The molecule has 23 heavy (non-hydrogen) atoms. The van der Waals surface area contributed by atoms with E-state index in [9.17, 15) is 5.11 Å². The lowest BCUT2D eigenvalue weighted by Crippen LogP contribution is -2.34. The predicted molar refractivity (Wildman–Crippen MR) is 97.7 cm³/mol. The van der Waals surface area contributed by atoms with Crippen molar-refractivity contribution in [2.45, 2.75) is 26.2 Å². The van der Waals surface area contributed by atoms with Crippen LogP contribution in [0.2, 0.25) is 0 Å². The molecule has 0 aromatic heterocycles. The van der Waals surface area contributed by atoms with Crippen molar-refractivity contribution in [3.8, 4) is 0 Å². The van der Waals surface area contributed by atoms with Crippen LogP contribution in [0.25, 0.3) is 0 Å². The van der Waals surface area contributed by atoms with Crippen LogP contribution in [0, 0.1) is 5.41 Å². The first-order chi connectivity index (χ1) is 11.0. The minimum atomic E-state index is -0.0518. The highest BCUT2D eigenvalue weighted by Crippen LogP contribution is 2.28. The highest BCUT2D eigenvalue weighted by atomic mass is 16.3. The molecule has 0 radical (unpaired) electrons. The molecule has 0 spiro atoms. The van der Waals surface area contributed by atoms with E-state index in [-0.39, 0.29) is 12.0 Å². The third-order valence-electron chi connectivity index (χ3n) is 4.33. The van der Waals surface area contributed by atoms with Crippen molar-refractivity contribution in [1.82, 2.24) is 4.90 Å². The maximum atomic E-state index is 9.45. The van der Waals surface area contributed by atoms with E-state index < -0.39 is 0 Å². The van der Waals surface area contributed by atoms with Gasteiger partial charge in [0.25, 0.3) is 0 Å². The van der Waals surface area contributed by atoms with Crippen molar-refractivity contribution >= 4 is 0 Å². The zero-order valence-corrected chi connectivity index (χ0v) is 14.6. The van der Waals surface area contributed by atoms with E-state index in [0.29, 0.717) is 5.92 Å². The molecule has 0 unspecified atom stereocenters. The molecule has 0 bridgehead atoms. The highest BCUT2D eigenvalue weighted by molar-refractivity contribution is 5.32. The lowest BCUT2D eigenvalue weighted by atomic mass is 9.88. The maximum absolute atomic E-state index is 9.45. The normalized spacial score (nSPS) is 12.1. The van der Waals surface area contributed by atoms with Gasteiger partial charge in [0.2, 0.25) is 0 Å². The van der Waals surface area contributed by atoms with Crippen molar-refractivity contribution < 1.29 is 5.11 Å². The third-order valence-corrected chi connectivity index (χ3v) is 4.33. The molecule has 0 atom stereocenters. The van der Waals surface area contributed by atoms with Crippen LogP contribution >= 0.6 is 0 Å². The second kappa shape index (κ2) is 8.28. The fourth-order valence-electron chi connectivity index (χ4n) is 3.11. The van der Waals surface area contributed by atoms with E-state index in [1.807, 2.05) is 0 Å². The average Bonchev–Trinajstić information content (AvgIpc) is 2.56. The van der Waals surface area contributed by atoms with E-state index in [0.717, 1.165) is 19.5 Å². The van der Waals surface area contributed by atoms with Crippen LogP contribution in [0.4, 0.5) is 0 Å². The average molecular weight is 311 g/mol. The van der Waals surface area contributed by atoms with Crippen LogP contribution in [-0.2, 0) is 0 Å². The first-order valence-corrected chi connectivity index (χ1v) is 8.41. The number of nitrogens with zero attached hydrogens (tertiary/aromatic N) is 1. The topological polar surface area (TPSA) is 23.5 Å². The van der Waals surface area contributed by atoms with E-state index >= 15 is 0 Å². The van der Waals surface area contributed by atoms with Gasteiger partial charge < -0.3 is 10.0 Å². The highest BCUT2D eigenvalue weighted by Gasteiger charge is 2.20. The second-order valence-corrected chi connectivity index (χ2v) is 7.22. The summed E-state index contributed by atoms with van der Waals surface area (Å²) in [6, 6.07) is 21.5. The Balaban J connectivity index is 2.08. The van der Waals surface area contributed by atoms with Gasteiger partial charge in [-0.1, -0.05) is 74.5 Å². The summed E-state index contributed by atoms with van der Waals surface area (Å²) in [6.45, 7) is 6.35. The summed E-state index contributed by atoms with van der Waals surface area (Å²) in [4.78, 5) is 2.33. The Hall–Kier alpha value is -1.64. The molecule has 2 aromatic rings. The molecule has 2 rings (SSSR count). The molecule has 2 heteroatoms. The fraction of sp³-hybridized carbons (Fsp3) is 0.429. The Bertz CT molecular complexity index is 525. The van der Waals surface area contributed by atoms with E-state index in [2.05, 4.69) is 86.5 Å². The summed E-state index contributed by atoms with van der Waals surface area (Å²) in [5.41, 5.74) is 2.69. The molecule has 0 aliphatic rings. The summed E-state index contributed by atoms with van der Waals surface area (Å²) in [5, 5.41) is 9.45. The van der Waals surface area contributed by atoms with Crippen molar-refractivity contribution in [3.05, 3.63) is 71.8 Å². The molecule has 124 valence electrons. The van der Waals surface area contributed by atoms with Gasteiger partial charge >= 0.3 is 0 Å². The lowest BCUT2D eigenvalue weighted by Gasteiger charge is -2.29. The van der Waals surface area contributed by atoms with E-state index in [1.54, 1.807) is 0 Å². The predicted octanol–water partition coefficient (Wildman–Crippen LogP) is 4.16. The molecule has 2 nitrogen and oxygen atoms in total. The van der Waals surface area contributed by atoms with Gasteiger partial charge in [-0.15, -0.1) is 0 Å². The van der Waals surface area contributed by atoms with Gasteiger partial charge in [0.15, 0.2) is 0 Å². The smallest absolute Gasteiger partial charge is 0.0494 e. The van der Waals surface area contributed by atoms with Crippen molar-refractivity contribution in [1.29, 1.82) is 0 Å². The Kier molecular flexibility index (Phi) is 6.37. The standard InChI is InChI=1S/C21H29NO/c1-21(2,17-23)16-22(3)15-14-20(18-10-6-4-7-11-18)19-12-8-5-9-13-19/h4-13,20,23H,14-17H2,1-3H3. The summed E-state index contributed by atoms with van der Waals surface area (Å²) >= 11 is 0. The molecule has 0 fully saturated rings. The van der Waals surface area contributed by atoms with Crippen LogP contribution in [0.1, 0.15) is 37.3 Å². The van der Waals surface area contributed by atoms with Crippen molar-refractivity contribution in [2.75, 3.05) is 26.7 Å². The minimum absolute atomic E-state index is 0.0518. The zero-order valence-electron chi connectivity index (χ0n) is 14.6. The molecule has 2 aromatic carbocycles. The third kappa shape index (κ3) is 5.49. The molecule has 0 aliphatic carbocycles. The first kappa shape index (κ1) is 17.7. The number of rotatable bonds is 8. The maximum Gasteiger partial charge on any atom is 0.0494 e. The van der Waals surface area contributed by atoms with Crippen molar-refractivity contribution in [2.24, 2.45) is 5.41 Å². The van der Waals surface area contributed by atoms with Crippen LogP contribution in [-0.4, -0.2) is 36.8 Å². The molecule has 0 saturated heterocycles. The van der Waals surface area contributed by atoms with Gasteiger partial charge in [0.05, 0.1) is 0 Å². The van der Waals surface area contributed by atoms with Gasteiger partial charge in [-0.05, 0) is 31.1 Å². The fourth-order valence-corrected chi connectivity index (χ4v) is 3.11. The quantitative estimate of drug-likeness (QED) is 0.791. The summed E-state index contributed by atoms with van der Waals surface area (Å²) < 4.78 is 0. The first-order valence-electron chi connectivity index (χ1n) is 8.41. The largest absolute Gasteiger partial charge is 0.396 e. The van der Waals surface area contributed by atoms with Gasteiger partial charge in [0.1, 0.15) is 0 Å². The van der Waals surface area contributed by atoms with Crippen LogP contribution in [0.15, 0.2) is 60.7 Å². The minimum Gasteiger partial charge on any atom is -0.396 e. The number of hydrogen-bond donors (Lipinski definition) is 1. The molecular weight excluding hydrogens is 282 g/mol. The van der Waals surface area contributed by atoms with Gasteiger partial charge in [-0.3, -0.25) is 0 Å². The Morgan fingerprint density at radius 2 is 1.39 bits per heavy atom. The summed E-state index contributed by atoms with van der Waals surface area (Å²) in [5.74, 6) is 0.414. The molecular formula is C21H29NO. The lowest BCUT2D eigenvalue weighted by molar-refractivity contribution is 0.114.